The Balaban J connectivity index is 1.46. The topological polar surface area (TPSA) is 59.8 Å². The molecule has 118 valence electrons. The van der Waals surface area contributed by atoms with Gasteiger partial charge in [0, 0.05) is 55.0 Å². The van der Waals surface area contributed by atoms with Gasteiger partial charge in [0.25, 0.3) is 0 Å². The van der Waals surface area contributed by atoms with Crippen LogP contribution in [0.15, 0.2) is 17.6 Å². The number of aromatic nitrogens is 3. The highest BCUT2D eigenvalue weighted by Gasteiger charge is 2.24. The first-order chi connectivity index (χ1) is 10.6. The maximum atomic E-state index is 12.3. The van der Waals surface area contributed by atoms with Crippen LogP contribution in [0, 0.1) is 5.92 Å². The molecule has 1 amide bonds. The van der Waals surface area contributed by atoms with E-state index in [2.05, 4.69) is 34.6 Å². The van der Waals surface area contributed by atoms with Crippen molar-refractivity contribution in [3.05, 3.63) is 34.0 Å². The molecular formula is C16H22N4OS. The van der Waals surface area contributed by atoms with Gasteiger partial charge in [0.15, 0.2) is 0 Å². The second-order valence-electron chi connectivity index (χ2n) is 6.11. The normalized spacial score (nSPS) is 17.5. The highest BCUT2D eigenvalue weighted by molar-refractivity contribution is 7.09. The third kappa shape index (κ3) is 3.38. The fourth-order valence-corrected chi connectivity index (χ4v) is 3.62. The Hall–Kier alpha value is -1.69. The Morgan fingerprint density at radius 3 is 3.18 bits per heavy atom. The summed E-state index contributed by atoms with van der Waals surface area (Å²) < 4.78 is 1.99. The lowest BCUT2D eigenvalue weighted by Gasteiger charge is -2.22. The number of rotatable bonds is 5. The van der Waals surface area contributed by atoms with Gasteiger partial charge in [-0.05, 0) is 12.5 Å². The first-order valence-corrected chi connectivity index (χ1v) is 8.74. The minimum atomic E-state index is 0.0749. The molecule has 0 bridgehead atoms. The first kappa shape index (κ1) is 15.2. The lowest BCUT2D eigenvalue weighted by molar-refractivity contribution is -0.125. The van der Waals surface area contributed by atoms with Crippen LogP contribution in [-0.2, 0) is 24.2 Å². The van der Waals surface area contributed by atoms with Crippen LogP contribution in [0.25, 0.3) is 0 Å². The highest BCUT2D eigenvalue weighted by atomic mass is 32.1. The van der Waals surface area contributed by atoms with E-state index in [0.717, 1.165) is 37.2 Å². The molecule has 1 N–H and O–H groups in total. The van der Waals surface area contributed by atoms with Crippen molar-refractivity contribution in [1.29, 1.82) is 0 Å². The van der Waals surface area contributed by atoms with Crippen LogP contribution >= 0.6 is 11.3 Å². The van der Waals surface area contributed by atoms with E-state index >= 15 is 0 Å². The Bertz CT molecular complexity index is 646. The Morgan fingerprint density at radius 1 is 1.55 bits per heavy atom. The van der Waals surface area contributed by atoms with Gasteiger partial charge >= 0.3 is 0 Å². The summed E-state index contributed by atoms with van der Waals surface area (Å²) in [6, 6.07) is 2.00. The molecule has 2 aromatic heterocycles. The number of nitrogens with one attached hydrogen (secondary N) is 1. The summed E-state index contributed by atoms with van der Waals surface area (Å²) in [4.78, 5) is 16.9. The Kier molecular flexibility index (Phi) is 4.57. The van der Waals surface area contributed by atoms with E-state index in [4.69, 9.17) is 0 Å². The number of amides is 1. The monoisotopic (exact) mass is 318 g/mol. The number of thiazole rings is 1. The SMILES string of the molecule is CC(C)c1nc(CCNC(=O)C2CCn3nccc3C2)cs1. The van der Waals surface area contributed by atoms with Crippen molar-refractivity contribution in [1.82, 2.24) is 20.1 Å². The van der Waals surface area contributed by atoms with Gasteiger partial charge < -0.3 is 5.32 Å². The minimum absolute atomic E-state index is 0.0749. The van der Waals surface area contributed by atoms with Crippen molar-refractivity contribution in [3.63, 3.8) is 0 Å². The summed E-state index contributed by atoms with van der Waals surface area (Å²) in [5, 5.41) is 10.6. The molecule has 1 atom stereocenters. The molecule has 0 aliphatic carbocycles. The van der Waals surface area contributed by atoms with E-state index in [1.165, 1.54) is 5.01 Å². The molecule has 0 fully saturated rings. The summed E-state index contributed by atoms with van der Waals surface area (Å²) in [7, 11) is 0. The second-order valence-corrected chi connectivity index (χ2v) is 7.00. The lowest BCUT2D eigenvalue weighted by Crippen LogP contribution is -2.36. The van der Waals surface area contributed by atoms with Gasteiger partial charge in [-0.15, -0.1) is 11.3 Å². The third-order valence-corrected chi connectivity index (χ3v) is 5.26. The predicted octanol–water partition coefficient (Wildman–Crippen LogP) is 2.38. The van der Waals surface area contributed by atoms with Crippen molar-refractivity contribution < 1.29 is 4.79 Å². The smallest absolute Gasteiger partial charge is 0.223 e. The summed E-state index contributed by atoms with van der Waals surface area (Å²) >= 11 is 1.70. The summed E-state index contributed by atoms with van der Waals surface area (Å²) in [5.74, 6) is 0.707. The fourth-order valence-electron chi connectivity index (χ4n) is 2.75. The van der Waals surface area contributed by atoms with Gasteiger partial charge in [0.1, 0.15) is 0 Å². The van der Waals surface area contributed by atoms with Gasteiger partial charge in [0.2, 0.25) is 5.91 Å². The summed E-state index contributed by atoms with van der Waals surface area (Å²) in [6.07, 6.45) is 4.28. The van der Waals surface area contributed by atoms with Crippen molar-refractivity contribution >= 4 is 17.2 Å². The highest BCUT2D eigenvalue weighted by Crippen LogP contribution is 2.20. The molecule has 22 heavy (non-hydrogen) atoms. The van der Waals surface area contributed by atoms with E-state index in [9.17, 15) is 4.79 Å². The zero-order chi connectivity index (χ0) is 15.5. The maximum absolute atomic E-state index is 12.3. The molecule has 3 rings (SSSR count). The molecule has 1 unspecified atom stereocenters. The summed E-state index contributed by atoms with van der Waals surface area (Å²) in [5.41, 5.74) is 2.24. The van der Waals surface area contributed by atoms with Crippen LogP contribution in [0.5, 0.6) is 0 Å². The van der Waals surface area contributed by atoms with Gasteiger partial charge in [-0.2, -0.15) is 5.10 Å². The van der Waals surface area contributed by atoms with E-state index in [1.807, 2.05) is 16.9 Å². The molecule has 0 saturated carbocycles. The summed E-state index contributed by atoms with van der Waals surface area (Å²) in [6.45, 7) is 5.80. The van der Waals surface area contributed by atoms with Gasteiger partial charge in [-0.3, -0.25) is 9.48 Å². The number of hydrogen-bond acceptors (Lipinski definition) is 4. The molecule has 0 radical (unpaired) electrons. The molecule has 2 aromatic rings. The number of carbonyl (C=O) groups is 1. The minimum Gasteiger partial charge on any atom is -0.355 e. The van der Waals surface area contributed by atoms with E-state index < -0.39 is 0 Å². The zero-order valence-corrected chi connectivity index (χ0v) is 13.9. The van der Waals surface area contributed by atoms with Gasteiger partial charge in [-0.1, -0.05) is 13.8 Å². The average Bonchev–Trinajstić information content (AvgIpc) is 3.15. The quantitative estimate of drug-likeness (QED) is 0.921. The van der Waals surface area contributed by atoms with Crippen LogP contribution in [0.3, 0.4) is 0 Å². The molecule has 0 spiro atoms. The number of hydrogen-bond donors (Lipinski definition) is 1. The van der Waals surface area contributed by atoms with Crippen molar-refractivity contribution in [3.8, 4) is 0 Å². The zero-order valence-electron chi connectivity index (χ0n) is 13.1. The molecule has 5 nitrogen and oxygen atoms in total. The van der Waals surface area contributed by atoms with E-state index in [0.29, 0.717) is 12.5 Å². The van der Waals surface area contributed by atoms with Gasteiger partial charge in [0.05, 0.1) is 10.7 Å². The fraction of sp³-hybridized carbons (Fsp3) is 0.562. The molecule has 6 heteroatoms. The molecule has 1 aliphatic rings. The number of aryl methyl sites for hydroxylation is 1. The number of carbonyl (C=O) groups excluding carboxylic acids is 1. The van der Waals surface area contributed by atoms with Crippen LogP contribution in [0.2, 0.25) is 0 Å². The van der Waals surface area contributed by atoms with Gasteiger partial charge in [-0.25, -0.2) is 4.98 Å². The average molecular weight is 318 g/mol. The number of nitrogens with zero attached hydrogens (tertiary/aromatic N) is 3. The molecular weight excluding hydrogens is 296 g/mol. The predicted molar refractivity (Wildman–Crippen MR) is 87.0 cm³/mol. The largest absolute Gasteiger partial charge is 0.355 e. The van der Waals surface area contributed by atoms with E-state index in [-0.39, 0.29) is 11.8 Å². The molecule has 0 aromatic carbocycles. The standard InChI is InChI=1S/C16H22N4OS/c1-11(2)16-19-13(10-22-16)3-6-17-15(21)12-5-8-20-14(9-12)4-7-18-20/h4,7,10-12H,3,5-6,8-9H2,1-2H3,(H,17,21). The Labute approximate surface area is 134 Å². The number of fused-ring (bicyclic) bond motifs is 1. The van der Waals surface area contributed by atoms with Crippen LogP contribution in [-0.4, -0.2) is 27.2 Å². The Morgan fingerprint density at radius 2 is 2.41 bits per heavy atom. The van der Waals surface area contributed by atoms with Crippen LogP contribution < -0.4 is 5.32 Å². The van der Waals surface area contributed by atoms with E-state index in [1.54, 1.807) is 11.3 Å². The van der Waals surface area contributed by atoms with Crippen molar-refractivity contribution in [2.24, 2.45) is 5.92 Å². The molecule has 3 heterocycles. The molecule has 0 saturated heterocycles. The lowest BCUT2D eigenvalue weighted by atomic mass is 9.95. The van der Waals surface area contributed by atoms with Crippen molar-refractivity contribution in [2.45, 2.75) is 45.6 Å². The van der Waals surface area contributed by atoms with Crippen LogP contribution in [0.1, 0.15) is 42.6 Å². The third-order valence-electron chi connectivity index (χ3n) is 4.06. The van der Waals surface area contributed by atoms with Crippen LogP contribution in [0.4, 0.5) is 0 Å². The molecule has 1 aliphatic heterocycles. The first-order valence-electron chi connectivity index (χ1n) is 7.86. The van der Waals surface area contributed by atoms with Crippen molar-refractivity contribution in [2.75, 3.05) is 6.54 Å². The maximum Gasteiger partial charge on any atom is 0.223 e. The second kappa shape index (κ2) is 6.60.